The second kappa shape index (κ2) is 10.3. The number of carbonyl (C=O) groups is 1. The van der Waals surface area contributed by atoms with Crippen molar-refractivity contribution in [2.45, 2.75) is 25.7 Å². The van der Waals surface area contributed by atoms with Crippen LogP contribution in [0.25, 0.3) is 0 Å². The van der Waals surface area contributed by atoms with Crippen molar-refractivity contribution in [1.82, 2.24) is 5.32 Å². The van der Waals surface area contributed by atoms with E-state index in [0.29, 0.717) is 19.5 Å². The molecule has 0 spiro atoms. The Morgan fingerprint density at radius 2 is 2.24 bits per heavy atom. The molecule has 0 aliphatic carbocycles. The summed E-state index contributed by atoms with van der Waals surface area (Å²) in [5, 5.41) is 11.4. The third-order valence-electron chi connectivity index (χ3n) is 2.03. The van der Waals surface area contributed by atoms with Gasteiger partial charge in [0.05, 0.1) is 12.7 Å². The number of nitrogens with one attached hydrogen (secondary N) is 1. The van der Waals surface area contributed by atoms with E-state index in [0.717, 1.165) is 0 Å². The molecule has 0 rings (SSSR count). The van der Waals surface area contributed by atoms with Crippen molar-refractivity contribution in [3.8, 4) is 0 Å². The van der Waals surface area contributed by atoms with Gasteiger partial charge < -0.3 is 30.4 Å². The summed E-state index contributed by atoms with van der Waals surface area (Å²) < 4.78 is 15.2. The highest BCUT2D eigenvalue weighted by molar-refractivity contribution is 5.67. The highest BCUT2D eigenvalue weighted by Gasteiger charge is 2.16. The molecular weight excluding hydrogens is 228 g/mol. The largest absolute Gasteiger partial charge is 0.444 e. The highest BCUT2D eigenvalue weighted by atomic mass is 16.7. The van der Waals surface area contributed by atoms with Crippen LogP contribution in [0.4, 0.5) is 4.79 Å². The monoisotopic (exact) mass is 250 g/mol. The van der Waals surface area contributed by atoms with E-state index in [9.17, 15) is 4.79 Å². The predicted octanol–water partition coefficient (Wildman–Crippen LogP) is -0.569. The SMILES string of the molecule is CCC(CO)OC(COC(=O)NCCN)OC. The molecule has 4 N–H and O–H groups in total. The fraction of sp³-hybridized carbons (Fsp3) is 0.900. The maximum Gasteiger partial charge on any atom is 0.407 e. The first-order chi connectivity index (χ1) is 8.17. The average molecular weight is 250 g/mol. The molecule has 0 radical (unpaired) electrons. The standard InChI is InChI=1S/C10H22N2O5/c1-3-8(6-13)17-9(15-2)7-16-10(14)12-5-4-11/h8-9,13H,3-7,11H2,1-2H3,(H,12,14). The molecule has 0 saturated carbocycles. The minimum absolute atomic E-state index is 0.0383. The predicted molar refractivity (Wildman–Crippen MR) is 61.5 cm³/mol. The lowest BCUT2D eigenvalue weighted by Gasteiger charge is -2.21. The summed E-state index contributed by atoms with van der Waals surface area (Å²) in [7, 11) is 1.44. The maximum atomic E-state index is 11.1. The maximum absolute atomic E-state index is 11.1. The van der Waals surface area contributed by atoms with Gasteiger partial charge in [-0.1, -0.05) is 6.92 Å². The van der Waals surface area contributed by atoms with E-state index in [2.05, 4.69) is 5.32 Å². The molecule has 2 unspecified atom stereocenters. The number of methoxy groups -OCH3 is 1. The van der Waals surface area contributed by atoms with Crippen LogP contribution in [-0.4, -0.2) is 57.0 Å². The molecule has 0 heterocycles. The minimum atomic E-state index is -0.685. The van der Waals surface area contributed by atoms with Gasteiger partial charge in [-0.2, -0.15) is 0 Å². The van der Waals surface area contributed by atoms with Gasteiger partial charge in [0.1, 0.15) is 6.61 Å². The Morgan fingerprint density at radius 1 is 1.53 bits per heavy atom. The topological polar surface area (TPSA) is 103 Å². The smallest absolute Gasteiger partial charge is 0.407 e. The molecule has 17 heavy (non-hydrogen) atoms. The van der Waals surface area contributed by atoms with Gasteiger partial charge in [-0.25, -0.2) is 4.79 Å². The van der Waals surface area contributed by atoms with E-state index in [-0.39, 0.29) is 19.3 Å². The van der Waals surface area contributed by atoms with E-state index in [1.165, 1.54) is 7.11 Å². The summed E-state index contributed by atoms with van der Waals surface area (Å²) in [6.07, 6.45) is -0.931. The minimum Gasteiger partial charge on any atom is -0.444 e. The van der Waals surface area contributed by atoms with Gasteiger partial charge in [-0.05, 0) is 6.42 Å². The van der Waals surface area contributed by atoms with Crippen molar-refractivity contribution in [1.29, 1.82) is 0 Å². The van der Waals surface area contributed by atoms with E-state index in [4.69, 9.17) is 25.1 Å². The van der Waals surface area contributed by atoms with Gasteiger partial charge in [0.15, 0.2) is 6.29 Å². The summed E-state index contributed by atoms with van der Waals surface area (Å²) in [6, 6.07) is 0. The number of amides is 1. The summed E-state index contributed by atoms with van der Waals surface area (Å²) in [6.45, 7) is 2.44. The van der Waals surface area contributed by atoms with E-state index in [1.54, 1.807) is 0 Å². The number of hydrogen-bond acceptors (Lipinski definition) is 6. The first kappa shape index (κ1) is 16.1. The second-order valence-electron chi connectivity index (χ2n) is 3.33. The quantitative estimate of drug-likeness (QED) is 0.474. The molecule has 0 aliphatic heterocycles. The summed E-state index contributed by atoms with van der Waals surface area (Å²) in [4.78, 5) is 11.1. The third kappa shape index (κ3) is 7.92. The molecule has 0 aromatic carbocycles. The zero-order valence-electron chi connectivity index (χ0n) is 10.3. The van der Waals surface area contributed by atoms with Crippen LogP contribution in [0.3, 0.4) is 0 Å². The Morgan fingerprint density at radius 3 is 2.71 bits per heavy atom. The van der Waals surface area contributed by atoms with Gasteiger partial charge >= 0.3 is 6.09 Å². The zero-order valence-corrected chi connectivity index (χ0v) is 10.3. The highest BCUT2D eigenvalue weighted by Crippen LogP contribution is 2.04. The Balaban J connectivity index is 3.84. The number of ether oxygens (including phenoxy) is 3. The number of aliphatic hydroxyl groups excluding tert-OH is 1. The van der Waals surface area contributed by atoms with Crippen molar-refractivity contribution >= 4 is 6.09 Å². The molecular formula is C10H22N2O5. The molecule has 102 valence electrons. The van der Waals surface area contributed by atoms with Crippen LogP contribution in [0, 0.1) is 0 Å². The fourth-order valence-corrected chi connectivity index (χ4v) is 1.01. The molecule has 0 aromatic heterocycles. The van der Waals surface area contributed by atoms with Crippen LogP contribution in [0.5, 0.6) is 0 Å². The number of carbonyl (C=O) groups excluding carboxylic acids is 1. The van der Waals surface area contributed by atoms with Crippen LogP contribution >= 0.6 is 0 Å². The molecule has 7 heteroatoms. The zero-order chi connectivity index (χ0) is 13.1. The van der Waals surface area contributed by atoms with E-state index >= 15 is 0 Å². The first-order valence-corrected chi connectivity index (χ1v) is 5.57. The molecule has 0 aromatic rings. The van der Waals surface area contributed by atoms with Gasteiger partial charge in [-0.15, -0.1) is 0 Å². The van der Waals surface area contributed by atoms with Crippen molar-refractivity contribution in [2.75, 3.05) is 33.4 Å². The molecule has 1 amide bonds. The van der Waals surface area contributed by atoms with Crippen molar-refractivity contribution in [2.24, 2.45) is 5.73 Å². The lowest BCUT2D eigenvalue weighted by molar-refractivity contribution is -0.181. The number of rotatable bonds is 9. The fourth-order valence-electron chi connectivity index (χ4n) is 1.01. The van der Waals surface area contributed by atoms with Crippen molar-refractivity contribution < 1.29 is 24.1 Å². The van der Waals surface area contributed by atoms with Crippen LogP contribution in [0.1, 0.15) is 13.3 Å². The molecule has 7 nitrogen and oxygen atoms in total. The van der Waals surface area contributed by atoms with Crippen LogP contribution < -0.4 is 11.1 Å². The van der Waals surface area contributed by atoms with Gasteiger partial charge in [0, 0.05) is 20.2 Å². The van der Waals surface area contributed by atoms with Gasteiger partial charge in [-0.3, -0.25) is 0 Å². The Kier molecular flexibility index (Phi) is 9.74. The number of aliphatic hydroxyl groups is 1. The Bertz CT molecular complexity index is 199. The lowest BCUT2D eigenvalue weighted by atomic mass is 10.3. The summed E-state index contributed by atoms with van der Waals surface area (Å²) >= 11 is 0. The van der Waals surface area contributed by atoms with Gasteiger partial charge in [0.25, 0.3) is 0 Å². The second-order valence-corrected chi connectivity index (χ2v) is 3.33. The summed E-state index contributed by atoms with van der Waals surface area (Å²) in [5.41, 5.74) is 5.21. The normalized spacial score (nSPS) is 14.1. The Hall–Kier alpha value is -0.890. The molecule has 0 saturated heterocycles. The van der Waals surface area contributed by atoms with Crippen LogP contribution in [-0.2, 0) is 14.2 Å². The van der Waals surface area contributed by atoms with Crippen LogP contribution in [0.15, 0.2) is 0 Å². The Labute approximate surface area is 101 Å². The van der Waals surface area contributed by atoms with E-state index in [1.807, 2.05) is 6.92 Å². The number of hydrogen-bond donors (Lipinski definition) is 3. The lowest BCUT2D eigenvalue weighted by Crippen LogP contribution is -2.34. The molecule has 0 aliphatic rings. The van der Waals surface area contributed by atoms with Crippen molar-refractivity contribution in [3.63, 3.8) is 0 Å². The first-order valence-electron chi connectivity index (χ1n) is 5.57. The van der Waals surface area contributed by atoms with Crippen molar-refractivity contribution in [3.05, 3.63) is 0 Å². The molecule has 2 atom stereocenters. The summed E-state index contributed by atoms with van der Waals surface area (Å²) in [5.74, 6) is 0. The third-order valence-corrected chi connectivity index (χ3v) is 2.03. The van der Waals surface area contributed by atoms with Gasteiger partial charge in [0.2, 0.25) is 0 Å². The van der Waals surface area contributed by atoms with Crippen LogP contribution in [0.2, 0.25) is 0 Å². The van der Waals surface area contributed by atoms with E-state index < -0.39 is 12.4 Å². The molecule has 0 bridgehead atoms. The molecule has 0 fully saturated rings. The average Bonchev–Trinajstić information content (AvgIpc) is 2.36. The number of nitrogens with two attached hydrogens (primary N) is 1. The number of alkyl carbamates (subject to hydrolysis) is 1.